The molecule has 4 N–H and O–H groups in total. The lowest BCUT2D eigenvalue weighted by atomic mass is 10.1. The van der Waals surface area contributed by atoms with Crippen molar-refractivity contribution in [3.05, 3.63) is 108 Å². The molecule has 0 saturated heterocycles. The van der Waals surface area contributed by atoms with Crippen molar-refractivity contribution in [2.45, 2.75) is 22.5 Å². The highest BCUT2D eigenvalue weighted by Crippen LogP contribution is 2.32. The van der Waals surface area contributed by atoms with Crippen molar-refractivity contribution >= 4 is 73.1 Å². The van der Waals surface area contributed by atoms with E-state index < -0.39 is 27.7 Å². The number of halogens is 2. The Labute approximate surface area is 277 Å². The van der Waals surface area contributed by atoms with Crippen LogP contribution in [0, 0.1) is 0 Å². The van der Waals surface area contributed by atoms with Gasteiger partial charge in [0.2, 0.25) is 0 Å². The standard InChI is InChI=1S/C33H26F2N6O5S2/c1-2-46-32(43)27-28-30(39-26-12-4-3-11-25(26)38-28)41(29(27)36)22-9-5-7-19(17-22)31(42)37-21-8-6-10-24(18-21)48(44,45)40-20-13-15-23(16-14-20)47-33(34)35/h3-18,33,40H,2,36H2,1H3,(H,37,42). The maximum absolute atomic E-state index is 13.4. The molecule has 0 bridgehead atoms. The van der Waals surface area contributed by atoms with Crippen LogP contribution in [0.4, 0.5) is 26.0 Å². The Bertz CT molecular complexity index is 2300. The van der Waals surface area contributed by atoms with Crippen molar-refractivity contribution in [2.24, 2.45) is 0 Å². The number of nitrogen functional groups attached to an aromatic ring is 1. The van der Waals surface area contributed by atoms with Crippen LogP contribution in [0.3, 0.4) is 0 Å². The van der Waals surface area contributed by atoms with Gasteiger partial charge in [-0.25, -0.2) is 23.2 Å². The average molecular weight is 689 g/mol. The molecular weight excluding hydrogens is 663 g/mol. The molecule has 1 amide bonds. The number of esters is 1. The Morgan fingerprint density at radius 3 is 2.33 bits per heavy atom. The van der Waals surface area contributed by atoms with E-state index in [0.29, 0.717) is 34.1 Å². The van der Waals surface area contributed by atoms with Gasteiger partial charge in [0.15, 0.2) is 5.65 Å². The number of fused-ring (bicyclic) bond motifs is 2. The smallest absolute Gasteiger partial charge is 0.344 e. The van der Waals surface area contributed by atoms with Crippen LogP contribution in [0.5, 0.6) is 0 Å². The lowest BCUT2D eigenvalue weighted by molar-refractivity contribution is 0.0529. The van der Waals surface area contributed by atoms with Gasteiger partial charge in [-0.2, -0.15) is 8.78 Å². The number of nitrogens with two attached hydrogens (primary N) is 1. The third-order valence-electron chi connectivity index (χ3n) is 7.08. The number of hydrogen-bond donors (Lipinski definition) is 3. The maximum Gasteiger partial charge on any atom is 0.344 e. The summed E-state index contributed by atoms with van der Waals surface area (Å²) in [6, 6.07) is 24.7. The number of nitrogens with one attached hydrogen (secondary N) is 2. The quantitative estimate of drug-likeness (QED) is 0.105. The molecule has 48 heavy (non-hydrogen) atoms. The van der Waals surface area contributed by atoms with Gasteiger partial charge in [-0.3, -0.25) is 14.1 Å². The minimum atomic E-state index is -4.09. The van der Waals surface area contributed by atoms with Gasteiger partial charge >= 0.3 is 5.97 Å². The summed E-state index contributed by atoms with van der Waals surface area (Å²) in [6.45, 7) is 1.80. The molecule has 244 valence electrons. The number of carbonyl (C=O) groups is 2. The van der Waals surface area contributed by atoms with Crippen LogP contribution >= 0.6 is 11.8 Å². The van der Waals surface area contributed by atoms with Crippen LogP contribution in [0.15, 0.2) is 107 Å². The van der Waals surface area contributed by atoms with Crippen LogP contribution in [0.2, 0.25) is 0 Å². The summed E-state index contributed by atoms with van der Waals surface area (Å²) in [7, 11) is -4.09. The van der Waals surface area contributed by atoms with Gasteiger partial charge in [0.25, 0.3) is 21.7 Å². The number of rotatable bonds is 10. The number of sulfonamides is 1. The Hall–Kier alpha value is -5.54. The van der Waals surface area contributed by atoms with Crippen LogP contribution in [0.1, 0.15) is 27.6 Å². The second kappa shape index (κ2) is 13.3. The van der Waals surface area contributed by atoms with Crippen LogP contribution < -0.4 is 15.8 Å². The first kappa shape index (κ1) is 32.4. The molecule has 2 aromatic heterocycles. The van der Waals surface area contributed by atoms with Gasteiger partial charge in [-0.05, 0) is 79.7 Å². The molecule has 4 aromatic carbocycles. The summed E-state index contributed by atoms with van der Waals surface area (Å²) in [5.41, 5.74) is 9.23. The first-order chi connectivity index (χ1) is 23.0. The molecule has 15 heteroatoms. The lowest BCUT2D eigenvalue weighted by Crippen LogP contribution is -2.15. The van der Waals surface area contributed by atoms with Gasteiger partial charge in [-0.1, -0.05) is 36.0 Å². The SMILES string of the molecule is CCOC(=O)c1c(N)n(-c2cccc(C(=O)Nc3cccc(S(=O)(=O)Nc4ccc(SC(F)F)cc4)c3)c2)c2nc3ccccc3nc12. The van der Waals surface area contributed by atoms with Crippen molar-refractivity contribution in [3.63, 3.8) is 0 Å². The van der Waals surface area contributed by atoms with Crippen molar-refractivity contribution in [1.82, 2.24) is 14.5 Å². The number of amides is 1. The van der Waals surface area contributed by atoms with E-state index >= 15 is 0 Å². The zero-order valence-electron chi connectivity index (χ0n) is 25.1. The highest BCUT2D eigenvalue weighted by Gasteiger charge is 2.26. The Morgan fingerprint density at radius 2 is 1.62 bits per heavy atom. The number of carbonyl (C=O) groups excluding carboxylic acids is 2. The predicted molar refractivity (Wildman–Crippen MR) is 180 cm³/mol. The summed E-state index contributed by atoms with van der Waals surface area (Å²) in [5.74, 6) is -3.78. The van der Waals surface area contributed by atoms with Crippen LogP contribution in [0.25, 0.3) is 27.9 Å². The fourth-order valence-corrected chi connectivity index (χ4v) is 6.58. The molecule has 6 rings (SSSR count). The minimum Gasteiger partial charge on any atom is -0.462 e. The normalized spacial score (nSPS) is 11.6. The van der Waals surface area contributed by atoms with Gasteiger partial charge in [0, 0.05) is 27.5 Å². The minimum absolute atomic E-state index is 0.0316. The van der Waals surface area contributed by atoms with Crippen molar-refractivity contribution in [3.8, 4) is 5.69 Å². The number of benzene rings is 4. The molecule has 0 aliphatic rings. The average Bonchev–Trinajstić information content (AvgIpc) is 3.34. The number of thioether (sulfide) groups is 1. The van der Waals surface area contributed by atoms with E-state index in [1.165, 1.54) is 53.1 Å². The van der Waals surface area contributed by atoms with Crippen LogP contribution in [-0.4, -0.2) is 47.2 Å². The van der Waals surface area contributed by atoms with E-state index in [-0.39, 0.29) is 50.2 Å². The Kier molecular flexibility index (Phi) is 8.97. The third kappa shape index (κ3) is 6.63. The number of hydrogen-bond acceptors (Lipinski definition) is 9. The highest BCUT2D eigenvalue weighted by molar-refractivity contribution is 7.99. The lowest BCUT2D eigenvalue weighted by Gasteiger charge is -2.12. The number of alkyl halides is 2. The molecule has 0 saturated carbocycles. The summed E-state index contributed by atoms with van der Waals surface area (Å²) in [4.78, 5) is 35.9. The fraction of sp³-hybridized carbons (Fsp3) is 0.0909. The molecule has 11 nitrogen and oxygen atoms in total. The second-order valence-electron chi connectivity index (χ2n) is 10.2. The molecule has 6 aromatic rings. The summed E-state index contributed by atoms with van der Waals surface area (Å²) in [5, 5.41) is 2.71. The summed E-state index contributed by atoms with van der Waals surface area (Å²) < 4.78 is 60.6. The van der Waals surface area contributed by atoms with Gasteiger partial charge in [-0.15, -0.1) is 0 Å². The largest absolute Gasteiger partial charge is 0.462 e. The molecule has 0 fully saturated rings. The number of nitrogens with zero attached hydrogens (tertiary/aromatic N) is 3. The van der Waals surface area contributed by atoms with E-state index in [1.54, 1.807) is 49.4 Å². The van der Waals surface area contributed by atoms with Crippen molar-refractivity contribution in [2.75, 3.05) is 22.4 Å². The zero-order chi connectivity index (χ0) is 34.0. The van der Waals surface area contributed by atoms with E-state index in [2.05, 4.69) is 15.0 Å². The molecular formula is C33H26F2N6O5S2. The summed E-state index contributed by atoms with van der Waals surface area (Å²) >= 11 is 0.349. The van der Waals surface area contributed by atoms with Crippen molar-refractivity contribution in [1.29, 1.82) is 0 Å². The molecule has 0 spiro atoms. The highest BCUT2D eigenvalue weighted by atomic mass is 32.2. The number of aromatic nitrogens is 3. The van der Waals surface area contributed by atoms with E-state index in [1.807, 2.05) is 6.07 Å². The monoisotopic (exact) mass is 688 g/mol. The predicted octanol–water partition coefficient (Wildman–Crippen LogP) is 6.70. The topological polar surface area (TPSA) is 158 Å². The van der Waals surface area contributed by atoms with Crippen LogP contribution in [-0.2, 0) is 14.8 Å². The first-order valence-corrected chi connectivity index (χ1v) is 16.7. The third-order valence-corrected chi connectivity index (χ3v) is 9.18. The first-order valence-electron chi connectivity index (χ1n) is 14.4. The molecule has 0 atom stereocenters. The number of anilines is 3. The molecule has 0 aliphatic heterocycles. The molecule has 0 unspecified atom stereocenters. The maximum atomic E-state index is 13.4. The molecule has 2 heterocycles. The van der Waals surface area contributed by atoms with Crippen molar-refractivity contribution < 1.29 is 31.5 Å². The van der Waals surface area contributed by atoms with Gasteiger partial charge in [0.05, 0.1) is 22.5 Å². The molecule has 0 radical (unpaired) electrons. The Morgan fingerprint density at radius 1 is 0.917 bits per heavy atom. The summed E-state index contributed by atoms with van der Waals surface area (Å²) in [6.07, 6.45) is 0. The van der Waals surface area contributed by atoms with E-state index in [9.17, 15) is 26.8 Å². The second-order valence-corrected chi connectivity index (χ2v) is 13.0. The van der Waals surface area contributed by atoms with Gasteiger partial charge < -0.3 is 15.8 Å². The number of ether oxygens (including phenoxy) is 1. The Balaban J connectivity index is 1.28. The number of para-hydroxylation sites is 2. The molecule has 0 aliphatic carbocycles. The van der Waals surface area contributed by atoms with E-state index in [4.69, 9.17) is 15.5 Å². The zero-order valence-corrected chi connectivity index (χ0v) is 26.7. The van der Waals surface area contributed by atoms with Gasteiger partial charge in [0.1, 0.15) is 16.9 Å². The van der Waals surface area contributed by atoms with E-state index in [0.717, 1.165) is 0 Å². The fourth-order valence-electron chi connectivity index (χ4n) is 4.98.